The normalized spacial score (nSPS) is 13.3. The molecule has 1 aliphatic heterocycles. The molecule has 1 aliphatic rings. The van der Waals surface area contributed by atoms with Gasteiger partial charge in [0.25, 0.3) is 0 Å². The van der Waals surface area contributed by atoms with Crippen molar-refractivity contribution < 1.29 is 4.79 Å². The molecule has 1 aromatic carbocycles. The lowest BCUT2D eigenvalue weighted by molar-refractivity contribution is -0.118. The van der Waals surface area contributed by atoms with E-state index in [-0.39, 0.29) is 18.3 Å². The molecule has 3 heterocycles. The lowest BCUT2D eigenvalue weighted by Gasteiger charge is -2.13. The topological polar surface area (TPSA) is 63.9 Å². The van der Waals surface area contributed by atoms with Crippen LogP contribution >= 0.6 is 24.2 Å². The van der Waals surface area contributed by atoms with Crippen molar-refractivity contribution in [1.29, 1.82) is 0 Å². The number of rotatable bonds is 5. The molecule has 0 aliphatic carbocycles. The predicted octanol–water partition coefficient (Wildman–Crippen LogP) is 2.31. The van der Waals surface area contributed by atoms with Crippen LogP contribution in [0.2, 0.25) is 0 Å². The monoisotopic (exact) mass is 391 g/mol. The summed E-state index contributed by atoms with van der Waals surface area (Å²) in [4.78, 5) is 13.3. The van der Waals surface area contributed by atoms with E-state index in [1.165, 1.54) is 16.6 Å². The summed E-state index contributed by atoms with van der Waals surface area (Å²) in [5.41, 5.74) is 3.28. The number of hydrogen-bond donors (Lipinski definition) is 2. The molecule has 3 aromatic rings. The Kier molecular flexibility index (Phi) is 5.90. The molecule has 0 spiro atoms. The first-order valence-corrected chi connectivity index (χ1v) is 9.39. The van der Waals surface area contributed by atoms with Crippen LogP contribution in [0.5, 0.6) is 0 Å². The molecule has 4 rings (SSSR count). The largest absolute Gasteiger partial charge is 0.350 e. The van der Waals surface area contributed by atoms with Gasteiger partial charge in [0.1, 0.15) is 0 Å². The van der Waals surface area contributed by atoms with E-state index in [0.717, 1.165) is 30.2 Å². The minimum Gasteiger partial charge on any atom is -0.350 e. The first-order valence-electron chi connectivity index (χ1n) is 8.40. The Labute approximate surface area is 162 Å². The summed E-state index contributed by atoms with van der Waals surface area (Å²) in [6.45, 7) is 3.16. The minimum absolute atomic E-state index is 0. The van der Waals surface area contributed by atoms with Gasteiger partial charge in [-0.15, -0.1) is 24.2 Å². The van der Waals surface area contributed by atoms with Crippen molar-refractivity contribution in [1.82, 2.24) is 25.0 Å². The maximum absolute atomic E-state index is 12.2. The number of thioether (sulfide) groups is 1. The van der Waals surface area contributed by atoms with Gasteiger partial charge in [-0.25, -0.2) is 0 Å². The fraction of sp³-hybridized carbons (Fsp3) is 0.333. The Morgan fingerprint density at radius 3 is 3.08 bits per heavy atom. The van der Waals surface area contributed by atoms with Gasteiger partial charge >= 0.3 is 0 Å². The first-order chi connectivity index (χ1) is 12.2. The van der Waals surface area contributed by atoms with Gasteiger partial charge in [0.2, 0.25) is 5.91 Å². The summed E-state index contributed by atoms with van der Waals surface area (Å²) in [5.74, 6) is 0.436. The maximum atomic E-state index is 12.2. The van der Waals surface area contributed by atoms with Crippen LogP contribution in [0.3, 0.4) is 0 Å². The van der Waals surface area contributed by atoms with E-state index >= 15 is 0 Å². The van der Waals surface area contributed by atoms with Gasteiger partial charge in [0, 0.05) is 42.1 Å². The highest BCUT2D eigenvalue weighted by Gasteiger charge is 2.13. The zero-order valence-electron chi connectivity index (χ0n) is 14.6. The fourth-order valence-electron chi connectivity index (χ4n) is 3.14. The zero-order chi connectivity index (χ0) is 17.2. The second-order valence-electron chi connectivity index (χ2n) is 6.21. The van der Waals surface area contributed by atoms with E-state index in [9.17, 15) is 4.79 Å². The highest BCUT2D eigenvalue weighted by atomic mass is 35.5. The summed E-state index contributed by atoms with van der Waals surface area (Å²) in [6.07, 6.45) is 2.08. The van der Waals surface area contributed by atoms with Crippen LogP contribution in [0.1, 0.15) is 11.4 Å². The van der Waals surface area contributed by atoms with Gasteiger partial charge in [-0.05, 0) is 12.1 Å². The van der Waals surface area contributed by atoms with Crippen LogP contribution in [0.4, 0.5) is 0 Å². The Morgan fingerprint density at radius 1 is 1.38 bits per heavy atom. The molecule has 0 saturated carbocycles. The van der Waals surface area contributed by atoms with Crippen LogP contribution < -0.4 is 10.6 Å². The van der Waals surface area contributed by atoms with Gasteiger partial charge < -0.3 is 15.2 Å². The lowest BCUT2D eigenvalue weighted by Crippen LogP contribution is -2.28. The van der Waals surface area contributed by atoms with Gasteiger partial charge in [0.15, 0.2) is 0 Å². The highest BCUT2D eigenvalue weighted by molar-refractivity contribution is 8.00. The number of hydrogen-bond acceptors (Lipinski definition) is 4. The van der Waals surface area contributed by atoms with E-state index in [4.69, 9.17) is 0 Å². The van der Waals surface area contributed by atoms with E-state index in [1.54, 1.807) is 11.8 Å². The van der Waals surface area contributed by atoms with Crippen LogP contribution in [0.15, 0.2) is 41.4 Å². The second-order valence-corrected chi connectivity index (χ2v) is 7.23. The van der Waals surface area contributed by atoms with Crippen molar-refractivity contribution >= 4 is 41.0 Å². The molecule has 1 amide bonds. The minimum atomic E-state index is 0. The van der Waals surface area contributed by atoms with E-state index in [2.05, 4.69) is 44.7 Å². The van der Waals surface area contributed by atoms with Crippen molar-refractivity contribution in [3.8, 4) is 0 Å². The summed E-state index contributed by atoms with van der Waals surface area (Å²) >= 11 is 1.57. The second kappa shape index (κ2) is 8.16. The summed E-state index contributed by atoms with van der Waals surface area (Å²) in [5, 5.41) is 12.0. The number of carbonyl (C=O) groups is 1. The Hall–Kier alpha value is -1.96. The van der Waals surface area contributed by atoms with E-state index < -0.39 is 0 Å². The smallest absolute Gasteiger partial charge is 0.230 e. The number of fused-ring (bicyclic) bond motifs is 2. The van der Waals surface area contributed by atoms with Crippen molar-refractivity contribution in [3.63, 3.8) is 0 Å². The molecule has 0 atom stereocenters. The molecule has 0 radical (unpaired) electrons. The van der Waals surface area contributed by atoms with Crippen LogP contribution in [-0.2, 0) is 31.5 Å². The number of carbonyl (C=O) groups excluding carboxylic acids is 1. The Balaban J connectivity index is 0.00000196. The highest BCUT2D eigenvalue weighted by Crippen LogP contribution is 2.29. The molecule has 0 saturated heterocycles. The number of aryl methyl sites for hydroxylation is 1. The molecular weight excluding hydrogens is 370 g/mol. The Morgan fingerprint density at radius 2 is 2.23 bits per heavy atom. The number of amides is 1. The lowest BCUT2D eigenvalue weighted by atomic mass is 10.2. The summed E-state index contributed by atoms with van der Waals surface area (Å²) in [6, 6.07) is 10.3. The van der Waals surface area contributed by atoms with Gasteiger partial charge in [-0.2, -0.15) is 5.10 Å². The predicted molar refractivity (Wildman–Crippen MR) is 107 cm³/mol. The molecule has 2 N–H and O–H groups in total. The van der Waals surface area contributed by atoms with Gasteiger partial charge in [-0.1, -0.05) is 18.2 Å². The molecule has 0 fully saturated rings. The third-order valence-electron chi connectivity index (χ3n) is 4.41. The fourth-order valence-corrected chi connectivity index (χ4v) is 4.09. The van der Waals surface area contributed by atoms with E-state index in [1.807, 2.05) is 23.9 Å². The quantitative estimate of drug-likeness (QED) is 0.655. The molecule has 2 aromatic heterocycles. The third kappa shape index (κ3) is 3.90. The molecule has 0 bridgehead atoms. The molecule has 6 nitrogen and oxygen atoms in total. The molecular formula is C18H22ClN5OS. The number of nitrogens with zero attached hydrogens (tertiary/aromatic N) is 3. The SMILES string of the molecule is Cl.Cn1cc(SCC(=O)NCc2cc3n(n2)CCNC3)c2ccccc21. The third-order valence-corrected chi connectivity index (χ3v) is 5.45. The zero-order valence-corrected chi connectivity index (χ0v) is 16.2. The van der Waals surface area contributed by atoms with Crippen molar-refractivity contribution in [2.24, 2.45) is 7.05 Å². The first kappa shape index (κ1) is 18.8. The molecule has 26 heavy (non-hydrogen) atoms. The maximum Gasteiger partial charge on any atom is 0.230 e. The number of benzene rings is 1. The molecule has 0 unspecified atom stereocenters. The number of para-hydroxylation sites is 1. The van der Waals surface area contributed by atoms with Crippen molar-refractivity contribution in [2.75, 3.05) is 12.3 Å². The summed E-state index contributed by atoms with van der Waals surface area (Å²) in [7, 11) is 2.03. The number of nitrogens with one attached hydrogen (secondary N) is 2. The van der Waals surface area contributed by atoms with Gasteiger partial charge in [-0.3, -0.25) is 9.48 Å². The number of halogens is 1. The van der Waals surface area contributed by atoms with Crippen LogP contribution in [0, 0.1) is 0 Å². The van der Waals surface area contributed by atoms with E-state index in [0.29, 0.717) is 12.3 Å². The Bertz CT molecular complexity index is 896. The molecule has 8 heteroatoms. The van der Waals surface area contributed by atoms with Crippen LogP contribution in [0.25, 0.3) is 10.9 Å². The van der Waals surface area contributed by atoms with Crippen LogP contribution in [-0.4, -0.2) is 32.6 Å². The average Bonchev–Trinajstić information content (AvgIpc) is 3.19. The van der Waals surface area contributed by atoms with Crippen molar-refractivity contribution in [2.45, 2.75) is 24.5 Å². The van der Waals surface area contributed by atoms with Gasteiger partial charge in [0.05, 0.1) is 30.2 Å². The average molecular weight is 392 g/mol. The summed E-state index contributed by atoms with van der Waals surface area (Å²) < 4.78 is 4.11. The van der Waals surface area contributed by atoms with Crippen molar-refractivity contribution in [3.05, 3.63) is 47.9 Å². The standard InChI is InChI=1S/C18H21N5OS.ClH/c1-22-11-17(15-4-2-3-5-16(15)22)25-12-18(24)20-9-13-8-14-10-19-6-7-23(14)21-13;/h2-5,8,11,19H,6-7,9-10,12H2,1H3,(H,20,24);1H. The number of aromatic nitrogens is 3. The molecule has 138 valence electrons.